The van der Waals surface area contributed by atoms with E-state index >= 15 is 0 Å². The molecule has 2 heterocycles. The predicted octanol–water partition coefficient (Wildman–Crippen LogP) is 1.01. The molecule has 17 heavy (non-hydrogen) atoms. The van der Waals surface area contributed by atoms with Crippen LogP contribution in [-0.4, -0.2) is 41.3 Å². The number of hydrogen-bond donors (Lipinski definition) is 2. The highest BCUT2D eigenvalue weighted by atomic mass is 19.1. The number of piperidine rings is 1. The molecule has 1 aromatic rings. The number of nitrogens with zero attached hydrogens (tertiary/aromatic N) is 3. The molecule has 0 saturated carbocycles. The van der Waals surface area contributed by atoms with Gasteiger partial charge in [-0.15, -0.1) is 0 Å². The van der Waals surface area contributed by atoms with Gasteiger partial charge in [-0.25, -0.2) is 9.37 Å². The molecule has 1 fully saturated rings. The molecule has 0 spiro atoms. The Balaban J connectivity index is 2.11. The van der Waals surface area contributed by atoms with E-state index in [1.165, 1.54) is 12.6 Å². The molecule has 1 aliphatic heterocycles. The molecule has 1 aliphatic rings. The van der Waals surface area contributed by atoms with Gasteiger partial charge in [-0.1, -0.05) is 0 Å². The summed E-state index contributed by atoms with van der Waals surface area (Å²) < 4.78 is 13.4. The Morgan fingerprint density at radius 3 is 2.82 bits per heavy atom. The van der Waals surface area contributed by atoms with Crippen molar-refractivity contribution in [3.05, 3.63) is 12.0 Å². The summed E-state index contributed by atoms with van der Waals surface area (Å²) in [7, 11) is 0. The van der Waals surface area contributed by atoms with Gasteiger partial charge in [0.1, 0.15) is 0 Å². The monoisotopic (exact) mass is 240 g/mol. The van der Waals surface area contributed by atoms with Crippen molar-refractivity contribution in [3.8, 4) is 0 Å². The lowest BCUT2D eigenvalue weighted by molar-refractivity contribution is 0.310. The quantitative estimate of drug-likeness (QED) is 0.822. The van der Waals surface area contributed by atoms with E-state index < -0.39 is 5.82 Å². The number of rotatable bonds is 4. The Kier molecular flexibility index (Phi) is 4.08. The van der Waals surface area contributed by atoms with Crippen LogP contribution in [-0.2, 0) is 0 Å². The van der Waals surface area contributed by atoms with Gasteiger partial charge in [0.25, 0.3) is 0 Å². The summed E-state index contributed by atoms with van der Waals surface area (Å²) in [4.78, 5) is 10.2. The lowest BCUT2D eigenvalue weighted by atomic mass is 10.1. The summed E-state index contributed by atoms with van der Waals surface area (Å²) >= 11 is 0. The largest absolute Gasteiger partial charge is 0.395 e. The van der Waals surface area contributed by atoms with Crippen LogP contribution in [0, 0.1) is 5.82 Å². The van der Waals surface area contributed by atoms with Crippen LogP contribution < -0.4 is 10.2 Å². The normalized spacial score (nSPS) is 16.0. The summed E-state index contributed by atoms with van der Waals surface area (Å²) in [6.07, 6.45) is 4.66. The standard InChI is InChI=1S/C11H17FN4O/c12-9-8-14-11(15-10(9)13-4-7-17)16-5-2-1-3-6-16/h8,17H,1-7H2,(H,13,14,15). The molecule has 2 rings (SSSR count). The first-order chi connectivity index (χ1) is 8.31. The summed E-state index contributed by atoms with van der Waals surface area (Å²) in [5.74, 6) is 0.236. The maximum atomic E-state index is 13.4. The number of hydrogen-bond acceptors (Lipinski definition) is 5. The second kappa shape index (κ2) is 5.77. The van der Waals surface area contributed by atoms with Gasteiger partial charge in [0.2, 0.25) is 5.95 Å². The number of anilines is 2. The first-order valence-corrected chi connectivity index (χ1v) is 5.93. The number of aliphatic hydroxyl groups excluding tert-OH is 1. The molecular weight excluding hydrogens is 223 g/mol. The van der Waals surface area contributed by atoms with E-state index in [1.807, 2.05) is 0 Å². The first-order valence-electron chi connectivity index (χ1n) is 5.93. The fraction of sp³-hybridized carbons (Fsp3) is 0.636. The van der Waals surface area contributed by atoms with E-state index in [-0.39, 0.29) is 19.0 Å². The number of nitrogens with one attached hydrogen (secondary N) is 1. The molecule has 2 N–H and O–H groups in total. The van der Waals surface area contributed by atoms with Crippen molar-refractivity contribution in [2.45, 2.75) is 19.3 Å². The molecular formula is C11H17FN4O. The first kappa shape index (κ1) is 12.0. The second-order valence-corrected chi connectivity index (χ2v) is 4.06. The van der Waals surface area contributed by atoms with Gasteiger partial charge in [0.15, 0.2) is 11.6 Å². The lowest BCUT2D eigenvalue weighted by Crippen LogP contribution is -2.31. The molecule has 0 aliphatic carbocycles. The van der Waals surface area contributed by atoms with Crippen molar-refractivity contribution in [3.63, 3.8) is 0 Å². The van der Waals surface area contributed by atoms with Crippen molar-refractivity contribution >= 4 is 11.8 Å². The van der Waals surface area contributed by atoms with Crippen molar-refractivity contribution in [1.82, 2.24) is 9.97 Å². The van der Waals surface area contributed by atoms with E-state index in [0.29, 0.717) is 5.95 Å². The average Bonchev–Trinajstić information content (AvgIpc) is 2.39. The van der Waals surface area contributed by atoms with Crippen LogP contribution in [0.5, 0.6) is 0 Å². The third kappa shape index (κ3) is 3.03. The minimum absolute atomic E-state index is 0.0531. The number of aliphatic hydroxyl groups is 1. The van der Waals surface area contributed by atoms with E-state index in [2.05, 4.69) is 20.2 Å². The van der Waals surface area contributed by atoms with Crippen LogP contribution in [0.1, 0.15) is 19.3 Å². The van der Waals surface area contributed by atoms with E-state index in [1.54, 1.807) is 0 Å². The SMILES string of the molecule is OCCNc1nc(N2CCCCC2)ncc1F. The fourth-order valence-corrected chi connectivity index (χ4v) is 1.90. The zero-order chi connectivity index (χ0) is 12.1. The van der Waals surface area contributed by atoms with Crippen LogP contribution >= 0.6 is 0 Å². The smallest absolute Gasteiger partial charge is 0.227 e. The average molecular weight is 240 g/mol. The van der Waals surface area contributed by atoms with Crippen molar-refractivity contribution in [1.29, 1.82) is 0 Å². The van der Waals surface area contributed by atoms with Crippen LogP contribution in [0.2, 0.25) is 0 Å². The summed E-state index contributed by atoms with van der Waals surface area (Å²) in [6.45, 7) is 2.08. The van der Waals surface area contributed by atoms with Crippen molar-refractivity contribution in [2.24, 2.45) is 0 Å². The molecule has 0 aromatic carbocycles. The minimum atomic E-state index is -0.487. The molecule has 6 heteroatoms. The molecule has 0 radical (unpaired) electrons. The van der Waals surface area contributed by atoms with Gasteiger partial charge >= 0.3 is 0 Å². The molecule has 0 bridgehead atoms. The summed E-state index contributed by atoms with van der Waals surface area (Å²) in [6, 6.07) is 0. The van der Waals surface area contributed by atoms with E-state index in [4.69, 9.17) is 5.11 Å². The van der Waals surface area contributed by atoms with Gasteiger partial charge < -0.3 is 15.3 Å². The maximum absolute atomic E-state index is 13.4. The molecule has 1 aromatic heterocycles. The number of halogens is 1. The van der Waals surface area contributed by atoms with Crippen molar-refractivity contribution in [2.75, 3.05) is 36.5 Å². The molecule has 0 unspecified atom stereocenters. The molecule has 94 valence electrons. The lowest BCUT2D eigenvalue weighted by Gasteiger charge is -2.26. The third-order valence-corrected chi connectivity index (χ3v) is 2.77. The zero-order valence-electron chi connectivity index (χ0n) is 9.69. The predicted molar refractivity (Wildman–Crippen MR) is 63.6 cm³/mol. The number of aromatic nitrogens is 2. The highest BCUT2D eigenvalue weighted by molar-refractivity contribution is 5.42. The van der Waals surface area contributed by atoms with Crippen molar-refractivity contribution < 1.29 is 9.50 Å². The highest BCUT2D eigenvalue weighted by Crippen LogP contribution is 2.18. The molecule has 5 nitrogen and oxygen atoms in total. The third-order valence-electron chi connectivity index (χ3n) is 2.77. The summed E-state index contributed by atoms with van der Waals surface area (Å²) in [5, 5.41) is 11.4. The minimum Gasteiger partial charge on any atom is -0.395 e. The van der Waals surface area contributed by atoms with Crippen LogP contribution in [0.15, 0.2) is 6.20 Å². The fourth-order valence-electron chi connectivity index (χ4n) is 1.90. The zero-order valence-corrected chi connectivity index (χ0v) is 9.69. The molecule has 1 saturated heterocycles. The van der Waals surface area contributed by atoms with Crippen LogP contribution in [0.4, 0.5) is 16.2 Å². The Hall–Kier alpha value is -1.43. The summed E-state index contributed by atoms with van der Waals surface area (Å²) in [5.41, 5.74) is 0. The maximum Gasteiger partial charge on any atom is 0.227 e. The Morgan fingerprint density at radius 2 is 2.12 bits per heavy atom. The van der Waals surface area contributed by atoms with Gasteiger partial charge in [0, 0.05) is 19.6 Å². The van der Waals surface area contributed by atoms with Crippen LogP contribution in [0.3, 0.4) is 0 Å². The van der Waals surface area contributed by atoms with Gasteiger partial charge in [0.05, 0.1) is 12.8 Å². The van der Waals surface area contributed by atoms with Gasteiger partial charge in [-0.2, -0.15) is 4.98 Å². The van der Waals surface area contributed by atoms with Gasteiger partial charge in [-0.3, -0.25) is 0 Å². The Bertz CT molecular complexity index is 368. The Morgan fingerprint density at radius 1 is 1.35 bits per heavy atom. The topological polar surface area (TPSA) is 61.3 Å². The highest BCUT2D eigenvalue weighted by Gasteiger charge is 2.15. The molecule has 0 atom stereocenters. The second-order valence-electron chi connectivity index (χ2n) is 4.06. The van der Waals surface area contributed by atoms with Gasteiger partial charge in [-0.05, 0) is 19.3 Å². The van der Waals surface area contributed by atoms with E-state index in [0.717, 1.165) is 25.9 Å². The van der Waals surface area contributed by atoms with E-state index in [9.17, 15) is 4.39 Å². The van der Waals surface area contributed by atoms with Crippen LogP contribution in [0.25, 0.3) is 0 Å². The molecule has 0 amide bonds. The Labute approximate surface area is 99.7 Å².